The van der Waals surface area contributed by atoms with Crippen LogP contribution in [0, 0.1) is 11.8 Å². The second-order valence-corrected chi connectivity index (χ2v) is 6.58. The summed E-state index contributed by atoms with van der Waals surface area (Å²) in [5.74, 6) is -0.261. The number of methoxy groups -OCH3 is 1. The van der Waals surface area contributed by atoms with E-state index < -0.39 is 12.1 Å². The predicted octanol–water partition coefficient (Wildman–Crippen LogP) is 0.762. The molecule has 1 saturated heterocycles. The highest BCUT2D eigenvalue weighted by atomic mass is 16.5. The summed E-state index contributed by atoms with van der Waals surface area (Å²) >= 11 is 0. The minimum Gasteiger partial charge on any atom is -0.468 e. The van der Waals surface area contributed by atoms with Crippen molar-refractivity contribution in [1.29, 1.82) is 0 Å². The second-order valence-electron chi connectivity index (χ2n) is 6.58. The predicted molar refractivity (Wildman–Crippen MR) is 88.5 cm³/mol. The van der Waals surface area contributed by atoms with Gasteiger partial charge in [-0.2, -0.15) is 0 Å². The molecule has 24 heavy (non-hydrogen) atoms. The first kappa shape index (κ1) is 18.4. The summed E-state index contributed by atoms with van der Waals surface area (Å²) in [5, 5.41) is 4.31. The molecule has 0 aromatic carbocycles. The molecule has 0 radical (unpaired) electrons. The largest absolute Gasteiger partial charge is 0.468 e. The van der Waals surface area contributed by atoms with Crippen LogP contribution in [0.15, 0.2) is 12.7 Å². The summed E-state index contributed by atoms with van der Waals surface area (Å²) in [6.45, 7) is 6.21. The van der Waals surface area contributed by atoms with E-state index in [0.717, 1.165) is 6.42 Å². The molecule has 0 unspecified atom stereocenters. The van der Waals surface area contributed by atoms with Crippen LogP contribution in [0.5, 0.6) is 0 Å². The van der Waals surface area contributed by atoms with Gasteiger partial charge in [0.2, 0.25) is 5.91 Å². The molecule has 1 aliphatic carbocycles. The minimum atomic E-state index is -0.604. The number of hydrazine groups is 1. The summed E-state index contributed by atoms with van der Waals surface area (Å²) in [7, 11) is 1.33. The summed E-state index contributed by atoms with van der Waals surface area (Å²) in [6.07, 6.45) is 5.06. The third-order valence-electron chi connectivity index (χ3n) is 4.66. The zero-order valence-electron chi connectivity index (χ0n) is 14.4. The van der Waals surface area contributed by atoms with Crippen molar-refractivity contribution < 1.29 is 19.1 Å². The molecule has 2 aliphatic rings. The van der Waals surface area contributed by atoms with Crippen LogP contribution in [-0.4, -0.2) is 48.5 Å². The van der Waals surface area contributed by atoms with Crippen LogP contribution in [0.1, 0.15) is 39.0 Å². The number of amides is 2. The quantitative estimate of drug-likeness (QED) is 0.529. The van der Waals surface area contributed by atoms with Gasteiger partial charge in [0.25, 0.3) is 5.91 Å². The Bertz CT molecular complexity index is 508. The molecule has 2 fully saturated rings. The second kappa shape index (κ2) is 8.28. The van der Waals surface area contributed by atoms with E-state index in [4.69, 9.17) is 4.74 Å². The fourth-order valence-electron chi connectivity index (χ4n) is 2.95. The van der Waals surface area contributed by atoms with Gasteiger partial charge in [-0.05, 0) is 38.0 Å². The first-order valence-electron chi connectivity index (χ1n) is 8.54. The number of carbonyl (C=O) groups excluding carboxylic acids is 3. The molecule has 2 amide bonds. The lowest BCUT2D eigenvalue weighted by atomic mass is 10.1. The molecule has 134 valence electrons. The monoisotopic (exact) mass is 337 g/mol. The Morgan fingerprint density at radius 3 is 2.75 bits per heavy atom. The van der Waals surface area contributed by atoms with Gasteiger partial charge in [-0.1, -0.05) is 13.0 Å². The maximum Gasteiger partial charge on any atom is 0.324 e. The molecule has 1 saturated carbocycles. The summed E-state index contributed by atoms with van der Waals surface area (Å²) in [6, 6.07) is -1.13. The highest BCUT2D eigenvalue weighted by molar-refractivity contribution is 5.89. The van der Waals surface area contributed by atoms with Gasteiger partial charge in [-0.25, -0.2) is 5.43 Å². The summed E-state index contributed by atoms with van der Waals surface area (Å²) < 4.78 is 4.74. The molecule has 2 rings (SSSR count). The molecule has 1 aliphatic heterocycles. The van der Waals surface area contributed by atoms with Crippen LogP contribution in [-0.2, 0) is 19.1 Å². The van der Waals surface area contributed by atoms with Gasteiger partial charge in [-0.3, -0.25) is 19.4 Å². The van der Waals surface area contributed by atoms with Gasteiger partial charge in [0.15, 0.2) is 0 Å². The first-order chi connectivity index (χ1) is 11.5. The molecule has 0 aromatic rings. The van der Waals surface area contributed by atoms with E-state index in [1.807, 2.05) is 6.92 Å². The lowest BCUT2D eigenvalue weighted by molar-refractivity contribution is -0.151. The van der Waals surface area contributed by atoms with Crippen molar-refractivity contribution in [1.82, 2.24) is 15.8 Å². The molecule has 7 nitrogen and oxygen atoms in total. The van der Waals surface area contributed by atoms with Crippen LogP contribution in [0.4, 0.5) is 0 Å². The molecular weight excluding hydrogens is 310 g/mol. The van der Waals surface area contributed by atoms with Crippen molar-refractivity contribution in [2.45, 2.75) is 51.1 Å². The number of rotatable bonds is 7. The number of esters is 1. The van der Waals surface area contributed by atoms with Gasteiger partial charge >= 0.3 is 5.97 Å². The third-order valence-corrected chi connectivity index (χ3v) is 4.66. The smallest absolute Gasteiger partial charge is 0.324 e. The van der Waals surface area contributed by atoms with E-state index in [9.17, 15) is 14.4 Å². The van der Waals surface area contributed by atoms with Crippen LogP contribution in [0.3, 0.4) is 0 Å². The number of nitrogens with zero attached hydrogens (tertiary/aromatic N) is 1. The number of ether oxygens (including phenoxy) is 1. The lowest BCUT2D eigenvalue weighted by Gasteiger charge is -2.34. The first-order valence-corrected chi connectivity index (χ1v) is 8.54. The average Bonchev–Trinajstić information content (AvgIpc) is 3.34. The number of hydrogen-bond donors (Lipinski definition) is 2. The molecule has 1 heterocycles. The van der Waals surface area contributed by atoms with Crippen molar-refractivity contribution in [3.63, 3.8) is 0 Å². The van der Waals surface area contributed by atoms with Gasteiger partial charge < -0.3 is 10.1 Å². The Kier molecular flexibility index (Phi) is 6.36. The Morgan fingerprint density at radius 1 is 1.46 bits per heavy atom. The summed E-state index contributed by atoms with van der Waals surface area (Å²) in [4.78, 5) is 36.7. The van der Waals surface area contributed by atoms with Gasteiger partial charge in [-0.15, -0.1) is 6.58 Å². The van der Waals surface area contributed by atoms with Crippen LogP contribution in [0.25, 0.3) is 0 Å². The van der Waals surface area contributed by atoms with Gasteiger partial charge in [0.05, 0.1) is 7.11 Å². The zero-order chi connectivity index (χ0) is 17.7. The normalized spacial score (nSPS) is 27.1. The topological polar surface area (TPSA) is 87.7 Å². The average molecular weight is 337 g/mol. The van der Waals surface area contributed by atoms with Crippen LogP contribution in [0.2, 0.25) is 0 Å². The van der Waals surface area contributed by atoms with Crippen molar-refractivity contribution in [2.24, 2.45) is 11.8 Å². The number of hydrogen-bond acceptors (Lipinski definition) is 5. The minimum absolute atomic E-state index is 0.0150. The molecule has 2 N–H and O–H groups in total. The zero-order valence-corrected chi connectivity index (χ0v) is 14.4. The fraction of sp³-hybridized carbons (Fsp3) is 0.706. The van der Waals surface area contributed by atoms with Crippen molar-refractivity contribution in [3.8, 4) is 0 Å². The van der Waals surface area contributed by atoms with Gasteiger partial charge in [0.1, 0.15) is 12.1 Å². The molecule has 0 spiro atoms. The van der Waals surface area contributed by atoms with Crippen molar-refractivity contribution in [2.75, 3.05) is 13.7 Å². The molecule has 0 bridgehead atoms. The molecule has 7 heteroatoms. The van der Waals surface area contributed by atoms with Gasteiger partial charge in [0, 0.05) is 12.5 Å². The third kappa shape index (κ3) is 4.56. The van der Waals surface area contributed by atoms with E-state index in [-0.39, 0.29) is 23.7 Å². The Balaban J connectivity index is 1.98. The lowest BCUT2D eigenvalue weighted by Crippen LogP contribution is -2.60. The standard InChI is InChI=1S/C17H27N3O4/c1-4-5-7-13(18-15(21)12-10-11(12)2)16(22)20-9-6-8-14(19-20)17(23)24-3/h4,11-14,19H,1,5-10H2,2-3H3,(H,18,21)/t11-,12-,13-,14-/m0/s1. The molecular formula is C17H27N3O4. The molecule has 4 atom stereocenters. The summed E-state index contributed by atoms with van der Waals surface area (Å²) in [5.41, 5.74) is 2.92. The van der Waals surface area contributed by atoms with Crippen LogP contribution >= 0.6 is 0 Å². The van der Waals surface area contributed by atoms with Crippen molar-refractivity contribution in [3.05, 3.63) is 12.7 Å². The Labute approximate surface area is 142 Å². The van der Waals surface area contributed by atoms with E-state index >= 15 is 0 Å². The van der Waals surface area contributed by atoms with E-state index in [1.54, 1.807) is 6.08 Å². The number of allylic oxidation sites excluding steroid dienone is 1. The maximum atomic E-state index is 12.8. The van der Waals surface area contributed by atoms with E-state index in [0.29, 0.717) is 38.1 Å². The van der Waals surface area contributed by atoms with Crippen LogP contribution < -0.4 is 10.7 Å². The highest BCUT2D eigenvalue weighted by Gasteiger charge is 2.41. The Morgan fingerprint density at radius 2 is 2.17 bits per heavy atom. The SMILES string of the molecule is C=CCC[C@H](NC(=O)[C@H]1C[C@@H]1C)C(=O)N1CCC[C@@H](C(=O)OC)N1. The van der Waals surface area contributed by atoms with Crippen molar-refractivity contribution >= 4 is 17.8 Å². The maximum absolute atomic E-state index is 12.8. The molecule has 0 aromatic heterocycles. The van der Waals surface area contributed by atoms with E-state index in [1.165, 1.54) is 12.1 Å². The number of nitrogens with one attached hydrogen (secondary N) is 2. The fourth-order valence-corrected chi connectivity index (χ4v) is 2.95. The number of carbonyl (C=O) groups is 3. The van der Waals surface area contributed by atoms with E-state index in [2.05, 4.69) is 17.3 Å². The highest BCUT2D eigenvalue weighted by Crippen LogP contribution is 2.37. The Hall–Kier alpha value is -1.89.